The molecule has 0 bridgehead atoms. The van der Waals surface area contributed by atoms with Gasteiger partial charge >= 0.3 is 0 Å². The molecule has 1 saturated heterocycles. The molecule has 1 aliphatic heterocycles. The van der Waals surface area contributed by atoms with Crippen LogP contribution >= 0.6 is 11.8 Å². The minimum Gasteiger partial charge on any atom is -0.379 e. The van der Waals surface area contributed by atoms with E-state index in [4.69, 9.17) is 4.74 Å². The fourth-order valence-corrected chi connectivity index (χ4v) is 5.08. The number of nitrogens with one attached hydrogen (secondary N) is 2. The molecule has 1 fully saturated rings. The van der Waals surface area contributed by atoms with Gasteiger partial charge in [0, 0.05) is 25.7 Å². The van der Waals surface area contributed by atoms with Gasteiger partial charge in [-0.2, -0.15) is 16.5 Å². The summed E-state index contributed by atoms with van der Waals surface area (Å²) in [5, 5.41) is 2.99. The Morgan fingerprint density at radius 2 is 1.86 bits per heavy atom. The molecule has 7 nitrogen and oxygen atoms in total. The summed E-state index contributed by atoms with van der Waals surface area (Å²) in [7, 11) is -3.76. The van der Waals surface area contributed by atoms with Crippen LogP contribution in [0.4, 0.5) is 0 Å². The molecule has 2 unspecified atom stereocenters. The minimum atomic E-state index is -3.76. The van der Waals surface area contributed by atoms with Gasteiger partial charge in [-0.05, 0) is 36.5 Å². The maximum absolute atomic E-state index is 12.9. The van der Waals surface area contributed by atoms with Crippen LogP contribution in [0, 0.1) is 5.92 Å². The molecule has 29 heavy (non-hydrogen) atoms. The molecule has 164 valence electrons. The number of sulfonamides is 1. The Morgan fingerprint density at radius 1 is 1.21 bits per heavy atom. The SMILES string of the molecule is CSCCC(NS(=O)(=O)c1ccccc1)C(=O)NCC(C(C)C)N1CCOCC1. The van der Waals surface area contributed by atoms with Crippen LogP contribution in [0.1, 0.15) is 20.3 Å². The topological polar surface area (TPSA) is 87.7 Å². The van der Waals surface area contributed by atoms with Gasteiger partial charge < -0.3 is 10.1 Å². The van der Waals surface area contributed by atoms with Crippen molar-refractivity contribution in [2.24, 2.45) is 5.92 Å². The Bertz CT molecular complexity index is 723. The average molecular weight is 444 g/mol. The van der Waals surface area contributed by atoms with Gasteiger partial charge in [0.2, 0.25) is 15.9 Å². The number of hydrogen-bond donors (Lipinski definition) is 2. The maximum Gasteiger partial charge on any atom is 0.241 e. The van der Waals surface area contributed by atoms with E-state index in [2.05, 4.69) is 28.8 Å². The van der Waals surface area contributed by atoms with Crippen molar-refractivity contribution in [3.8, 4) is 0 Å². The quantitative estimate of drug-likeness (QED) is 0.540. The van der Waals surface area contributed by atoms with E-state index in [0.717, 1.165) is 13.1 Å². The summed E-state index contributed by atoms with van der Waals surface area (Å²) in [6.07, 6.45) is 2.37. The lowest BCUT2D eigenvalue weighted by atomic mass is 10.0. The van der Waals surface area contributed by atoms with Crippen molar-refractivity contribution in [3.63, 3.8) is 0 Å². The predicted molar refractivity (Wildman–Crippen MR) is 118 cm³/mol. The highest BCUT2D eigenvalue weighted by Crippen LogP contribution is 2.14. The molecule has 0 radical (unpaired) electrons. The van der Waals surface area contributed by atoms with Crippen molar-refractivity contribution < 1.29 is 17.9 Å². The second-order valence-electron chi connectivity index (χ2n) is 7.47. The number of rotatable bonds is 11. The summed E-state index contributed by atoms with van der Waals surface area (Å²) >= 11 is 1.58. The van der Waals surface area contributed by atoms with E-state index in [0.29, 0.717) is 37.9 Å². The summed E-state index contributed by atoms with van der Waals surface area (Å²) in [5.74, 6) is 0.767. The van der Waals surface area contributed by atoms with Crippen LogP contribution in [0.25, 0.3) is 0 Å². The second kappa shape index (κ2) is 11.9. The van der Waals surface area contributed by atoms with E-state index in [1.54, 1.807) is 30.0 Å². The Morgan fingerprint density at radius 3 is 2.45 bits per heavy atom. The fraction of sp³-hybridized carbons (Fsp3) is 0.650. The number of hydrogen-bond acceptors (Lipinski definition) is 6. The first kappa shape index (κ1) is 24.1. The van der Waals surface area contributed by atoms with Crippen LogP contribution in [0.3, 0.4) is 0 Å². The van der Waals surface area contributed by atoms with Crippen molar-refractivity contribution in [1.29, 1.82) is 0 Å². The Hall–Kier alpha value is -1.13. The van der Waals surface area contributed by atoms with Gasteiger partial charge in [0.25, 0.3) is 0 Å². The zero-order valence-electron chi connectivity index (χ0n) is 17.5. The lowest BCUT2D eigenvalue weighted by Gasteiger charge is -2.37. The number of carbonyl (C=O) groups is 1. The van der Waals surface area contributed by atoms with Crippen LogP contribution < -0.4 is 10.0 Å². The number of ether oxygens (including phenoxy) is 1. The van der Waals surface area contributed by atoms with Gasteiger partial charge in [0.1, 0.15) is 6.04 Å². The first-order chi connectivity index (χ1) is 13.8. The Labute approximate surface area is 179 Å². The number of carbonyl (C=O) groups excluding carboxylic acids is 1. The highest BCUT2D eigenvalue weighted by atomic mass is 32.2. The molecule has 1 aliphatic rings. The van der Waals surface area contributed by atoms with Crippen LogP contribution in [0.15, 0.2) is 35.2 Å². The van der Waals surface area contributed by atoms with E-state index in [9.17, 15) is 13.2 Å². The second-order valence-corrected chi connectivity index (χ2v) is 10.2. The van der Waals surface area contributed by atoms with Crippen molar-refractivity contribution in [2.75, 3.05) is 44.9 Å². The maximum atomic E-state index is 12.9. The lowest BCUT2D eigenvalue weighted by Crippen LogP contribution is -2.54. The minimum absolute atomic E-state index is 0.162. The molecular formula is C20H33N3O4S2. The Kier molecular flexibility index (Phi) is 9.91. The van der Waals surface area contributed by atoms with Gasteiger partial charge in [-0.25, -0.2) is 8.42 Å². The van der Waals surface area contributed by atoms with Crippen molar-refractivity contribution in [1.82, 2.24) is 14.9 Å². The van der Waals surface area contributed by atoms with Crippen molar-refractivity contribution in [2.45, 2.75) is 37.2 Å². The summed E-state index contributed by atoms with van der Waals surface area (Å²) in [6.45, 7) is 7.84. The molecule has 9 heteroatoms. The van der Waals surface area contributed by atoms with Gasteiger partial charge in [-0.15, -0.1) is 0 Å². The van der Waals surface area contributed by atoms with Crippen LogP contribution in [-0.4, -0.2) is 76.2 Å². The molecule has 0 aliphatic carbocycles. The van der Waals surface area contributed by atoms with Gasteiger partial charge in [0.15, 0.2) is 0 Å². The van der Waals surface area contributed by atoms with E-state index in [-0.39, 0.29) is 16.8 Å². The molecule has 1 aromatic rings. The zero-order chi connectivity index (χ0) is 21.3. The number of benzene rings is 1. The first-order valence-corrected chi connectivity index (χ1v) is 12.9. The molecule has 0 spiro atoms. The molecule has 1 aromatic carbocycles. The van der Waals surface area contributed by atoms with Crippen molar-refractivity contribution >= 4 is 27.7 Å². The molecular weight excluding hydrogens is 410 g/mol. The summed E-state index contributed by atoms with van der Waals surface area (Å²) in [6, 6.07) is 7.54. The molecule has 2 rings (SSSR count). The molecule has 2 N–H and O–H groups in total. The molecule has 2 atom stereocenters. The van der Waals surface area contributed by atoms with Crippen LogP contribution in [0.2, 0.25) is 0 Å². The molecule has 1 heterocycles. The monoisotopic (exact) mass is 443 g/mol. The predicted octanol–water partition coefficient (Wildman–Crippen LogP) is 1.56. The largest absolute Gasteiger partial charge is 0.379 e. The molecule has 0 saturated carbocycles. The summed E-state index contributed by atoms with van der Waals surface area (Å²) < 4.78 is 33.4. The van der Waals surface area contributed by atoms with E-state index in [1.807, 2.05) is 6.26 Å². The molecule has 0 aromatic heterocycles. The number of nitrogens with zero attached hydrogens (tertiary/aromatic N) is 1. The third-order valence-corrected chi connectivity index (χ3v) is 7.18. The third-order valence-electron chi connectivity index (χ3n) is 5.05. The lowest BCUT2D eigenvalue weighted by molar-refractivity contribution is -0.123. The van der Waals surface area contributed by atoms with E-state index < -0.39 is 16.1 Å². The normalized spacial score (nSPS) is 17.8. The third kappa shape index (κ3) is 7.57. The van der Waals surface area contributed by atoms with Crippen molar-refractivity contribution in [3.05, 3.63) is 30.3 Å². The number of morpholine rings is 1. The van der Waals surface area contributed by atoms with Gasteiger partial charge in [-0.1, -0.05) is 32.0 Å². The number of thioether (sulfide) groups is 1. The highest BCUT2D eigenvalue weighted by molar-refractivity contribution is 7.98. The highest BCUT2D eigenvalue weighted by Gasteiger charge is 2.28. The number of amides is 1. The van der Waals surface area contributed by atoms with E-state index >= 15 is 0 Å². The standard InChI is InChI=1S/C20H33N3O4S2/c1-16(2)19(23-10-12-27-13-11-23)15-21-20(24)18(9-14-28-3)22-29(25,26)17-7-5-4-6-8-17/h4-8,16,18-19,22H,9-15H2,1-3H3,(H,21,24). The van der Waals surface area contributed by atoms with Crippen LogP contribution in [0.5, 0.6) is 0 Å². The van der Waals surface area contributed by atoms with Gasteiger partial charge in [-0.3, -0.25) is 9.69 Å². The summed E-state index contributed by atoms with van der Waals surface area (Å²) in [5.41, 5.74) is 0. The summed E-state index contributed by atoms with van der Waals surface area (Å²) in [4.78, 5) is 15.4. The van der Waals surface area contributed by atoms with Crippen LogP contribution in [-0.2, 0) is 19.6 Å². The Balaban J connectivity index is 2.03. The zero-order valence-corrected chi connectivity index (χ0v) is 19.1. The average Bonchev–Trinajstić information content (AvgIpc) is 2.72. The first-order valence-electron chi connectivity index (χ1n) is 10.0. The van der Waals surface area contributed by atoms with Gasteiger partial charge in [0.05, 0.1) is 18.1 Å². The smallest absolute Gasteiger partial charge is 0.241 e. The van der Waals surface area contributed by atoms with E-state index in [1.165, 1.54) is 12.1 Å². The fourth-order valence-electron chi connectivity index (χ4n) is 3.36. The molecule has 1 amide bonds.